The van der Waals surface area contributed by atoms with E-state index in [9.17, 15) is 22.8 Å². The Labute approximate surface area is 157 Å². The average Bonchev–Trinajstić information content (AvgIpc) is 2.54. The largest absolute Gasteiger partial charge is 0.416 e. The van der Waals surface area contributed by atoms with Crippen LogP contribution in [0.15, 0.2) is 47.4 Å². The van der Waals surface area contributed by atoms with Gasteiger partial charge in [-0.3, -0.25) is 9.59 Å². The van der Waals surface area contributed by atoms with Gasteiger partial charge in [-0.05, 0) is 36.4 Å². The van der Waals surface area contributed by atoms with Crippen molar-refractivity contribution in [2.75, 3.05) is 16.4 Å². The molecule has 2 N–H and O–H groups in total. The van der Waals surface area contributed by atoms with Crippen LogP contribution in [0, 0.1) is 0 Å². The van der Waals surface area contributed by atoms with Crippen molar-refractivity contribution in [3.63, 3.8) is 0 Å². The molecule has 0 saturated heterocycles. The molecular weight excluding hydrogens is 389 g/mol. The number of alkyl halides is 3. The second-order valence-electron chi connectivity index (χ2n) is 5.24. The number of rotatable bonds is 5. The molecule has 0 spiro atoms. The summed E-state index contributed by atoms with van der Waals surface area (Å²) in [6.45, 7) is 1.38. The first kappa shape index (κ1) is 20.1. The van der Waals surface area contributed by atoms with E-state index in [1.807, 2.05) is 0 Å². The zero-order valence-corrected chi connectivity index (χ0v) is 15.1. The van der Waals surface area contributed by atoms with Crippen molar-refractivity contribution in [1.82, 2.24) is 0 Å². The molecule has 0 aromatic heterocycles. The van der Waals surface area contributed by atoms with Crippen LogP contribution in [-0.4, -0.2) is 17.6 Å². The van der Waals surface area contributed by atoms with E-state index in [0.29, 0.717) is 5.69 Å². The lowest BCUT2D eigenvalue weighted by atomic mass is 10.2. The summed E-state index contributed by atoms with van der Waals surface area (Å²) in [6.07, 6.45) is -4.52. The number of carbonyl (C=O) groups is 2. The highest BCUT2D eigenvalue weighted by atomic mass is 35.5. The molecule has 9 heteroatoms. The van der Waals surface area contributed by atoms with Gasteiger partial charge < -0.3 is 10.6 Å². The van der Waals surface area contributed by atoms with Gasteiger partial charge in [0.25, 0.3) is 0 Å². The van der Waals surface area contributed by atoms with Crippen LogP contribution in [0.1, 0.15) is 12.5 Å². The van der Waals surface area contributed by atoms with Gasteiger partial charge in [-0.2, -0.15) is 13.2 Å². The molecule has 2 aromatic carbocycles. The van der Waals surface area contributed by atoms with Crippen LogP contribution in [0.2, 0.25) is 5.02 Å². The number of hydrogen-bond acceptors (Lipinski definition) is 3. The summed E-state index contributed by atoms with van der Waals surface area (Å²) in [7, 11) is 0. The maximum Gasteiger partial charge on any atom is 0.416 e. The second kappa shape index (κ2) is 8.46. The fourth-order valence-electron chi connectivity index (χ4n) is 2.00. The van der Waals surface area contributed by atoms with E-state index in [1.54, 1.807) is 24.3 Å². The maximum absolute atomic E-state index is 12.7. The Balaban J connectivity index is 2.00. The normalized spacial score (nSPS) is 11.1. The summed E-state index contributed by atoms with van der Waals surface area (Å²) in [4.78, 5) is 23.8. The number of nitrogens with one attached hydrogen (secondary N) is 2. The second-order valence-corrected chi connectivity index (χ2v) is 6.69. The molecule has 0 aliphatic heterocycles. The molecule has 138 valence electrons. The van der Waals surface area contributed by atoms with Gasteiger partial charge in [-0.25, -0.2) is 0 Å². The molecule has 0 aliphatic carbocycles. The number of carbonyl (C=O) groups excluding carboxylic acids is 2. The summed E-state index contributed by atoms with van der Waals surface area (Å²) in [5.41, 5.74) is -0.407. The highest BCUT2D eigenvalue weighted by Gasteiger charge is 2.31. The van der Waals surface area contributed by atoms with E-state index in [4.69, 9.17) is 11.6 Å². The molecular formula is C17H14ClF3N2O2S. The van der Waals surface area contributed by atoms with Gasteiger partial charge in [0.15, 0.2) is 0 Å². The summed E-state index contributed by atoms with van der Waals surface area (Å²) >= 11 is 7.02. The summed E-state index contributed by atoms with van der Waals surface area (Å²) in [6, 6.07) is 9.59. The molecule has 0 radical (unpaired) electrons. The first-order valence-electron chi connectivity index (χ1n) is 7.32. The van der Waals surface area contributed by atoms with Crippen LogP contribution in [0.3, 0.4) is 0 Å². The summed E-state index contributed by atoms with van der Waals surface area (Å²) in [5, 5.41) is 5.02. The molecule has 2 amide bonds. The van der Waals surface area contributed by atoms with Gasteiger partial charge in [0.1, 0.15) is 0 Å². The number of halogens is 4. The average molecular weight is 403 g/mol. The molecule has 2 aromatic rings. The molecule has 0 unspecified atom stereocenters. The molecule has 0 heterocycles. The van der Waals surface area contributed by atoms with Crippen molar-refractivity contribution < 1.29 is 22.8 Å². The van der Waals surface area contributed by atoms with Crippen molar-refractivity contribution in [2.45, 2.75) is 18.0 Å². The van der Waals surface area contributed by atoms with Gasteiger partial charge in [-0.1, -0.05) is 17.7 Å². The molecule has 0 aliphatic rings. The van der Waals surface area contributed by atoms with Crippen LogP contribution in [0.5, 0.6) is 0 Å². The molecule has 4 nitrogen and oxygen atoms in total. The Hall–Kier alpha value is -2.19. The van der Waals surface area contributed by atoms with Crippen LogP contribution >= 0.6 is 23.4 Å². The van der Waals surface area contributed by atoms with Gasteiger partial charge in [0.2, 0.25) is 11.8 Å². The topological polar surface area (TPSA) is 58.2 Å². The van der Waals surface area contributed by atoms with Crippen molar-refractivity contribution >= 4 is 46.6 Å². The van der Waals surface area contributed by atoms with E-state index < -0.39 is 17.6 Å². The quantitative estimate of drug-likeness (QED) is 0.688. The molecule has 0 fully saturated rings. The number of hydrogen-bond donors (Lipinski definition) is 2. The fraction of sp³-hybridized carbons (Fsp3) is 0.176. The van der Waals surface area contributed by atoms with E-state index in [2.05, 4.69) is 10.6 Å². The number of thioether (sulfide) groups is 1. The van der Waals surface area contributed by atoms with Crippen molar-refractivity contribution in [1.29, 1.82) is 0 Å². The van der Waals surface area contributed by atoms with Crippen LogP contribution in [-0.2, 0) is 15.8 Å². The number of anilines is 2. The molecule has 0 atom stereocenters. The SMILES string of the molecule is CC(=O)Nc1cccc(SCC(=O)Nc2cc(C(F)(F)F)ccc2Cl)c1. The first-order valence-corrected chi connectivity index (χ1v) is 8.68. The third kappa shape index (κ3) is 5.96. The van der Waals surface area contributed by atoms with Gasteiger partial charge in [-0.15, -0.1) is 11.8 Å². The zero-order chi connectivity index (χ0) is 19.3. The standard InChI is InChI=1S/C17H14ClF3N2O2S/c1-10(24)22-12-3-2-4-13(8-12)26-9-16(25)23-15-7-11(17(19,20)21)5-6-14(15)18/h2-8H,9H2,1H3,(H,22,24)(H,23,25). The van der Waals surface area contributed by atoms with Gasteiger partial charge in [0, 0.05) is 17.5 Å². The van der Waals surface area contributed by atoms with E-state index in [-0.39, 0.29) is 22.4 Å². The molecule has 26 heavy (non-hydrogen) atoms. The lowest BCUT2D eigenvalue weighted by molar-refractivity contribution is -0.137. The van der Waals surface area contributed by atoms with Crippen molar-refractivity contribution in [2.24, 2.45) is 0 Å². The monoisotopic (exact) mass is 402 g/mol. The summed E-state index contributed by atoms with van der Waals surface area (Å²) < 4.78 is 38.2. The fourth-order valence-corrected chi connectivity index (χ4v) is 2.92. The van der Waals surface area contributed by atoms with Crippen LogP contribution in [0.25, 0.3) is 0 Å². The van der Waals surface area contributed by atoms with Crippen molar-refractivity contribution in [3.8, 4) is 0 Å². The minimum atomic E-state index is -4.52. The minimum Gasteiger partial charge on any atom is -0.326 e. The van der Waals surface area contributed by atoms with E-state index in [0.717, 1.165) is 23.1 Å². The predicted octanol–water partition coefficient (Wildman–Crippen LogP) is 5.05. The Morgan fingerprint density at radius 3 is 2.50 bits per heavy atom. The zero-order valence-electron chi connectivity index (χ0n) is 13.5. The Bertz CT molecular complexity index is 828. The van der Waals surface area contributed by atoms with Gasteiger partial charge >= 0.3 is 6.18 Å². The Morgan fingerprint density at radius 2 is 1.85 bits per heavy atom. The number of amides is 2. The maximum atomic E-state index is 12.7. The molecule has 2 rings (SSSR count). The number of benzene rings is 2. The van der Waals surface area contributed by atoms with Crippen LogP contribution < -0.4 is 10.6 Å². The van der Waals surface area contributed by atoms with E-state index >= 15 is 0 Å². The molecule has 0 saturated carbocycles. The highest BCUT2D eigenvalue weighted by molar-refractivity contribution is 8.00. The Kier molecular flexibility index (Phi) is 6.55. The van der Waals surface area contributed by atoms with E-state index in [1.165, 1.54) is 18.7 Å². The van der Waals surface area contributed by atoms with Gasteiger partial charge in [0.05, 0.1) is 22.0 Å². The van der Waals surface area contributed by atoms with Crippen molar-refractivity contribution in [3.05, 3.63) is 53.1 Å². The lowest BCUT2D eigenvalue weighted by Gasteiger charge is -2.11. The predicted molar refractivity (Wildman–Crippen MR) is 96.6 cm³/mol. The minimum absolute atomic E-state index is 0.0176. The smallest absolute Gasteiger partial charge is 0.326 e. The first-order chi connectivity index (χ1) is 12.1. The Morgan fingerprint density at radius 1 is 1.12 bits per heavy atom. The molecule has 0 bridgehead atoms. The lowest BCUT2D eigenvalue weighted by Crippen LogP contribution is -2.15. The third-order valence-corrected chi connectivity index (χ3v) is 4.42. The van der Waals surface area contributed by atoms with Crippen LogP contribution in [0.4, 0.5) is 24.5 Å². The highest BCUT2D eigenvalue weighted by Crippen LogP contribution is 2.34. The third-order valence-electron chi connectivity index (χ3n) is 3.09. The summed E-state index contributed by atoms with van der Waals surface area (Å²) in [5.74, 6) is -0.749.